The molecule has 1 saturated carbocycles. The van der Waals surface area contributed by atoms with E-state index in [4.69, 9.17) is 19.3 Å². The van der Waals surface area contributed by atoms with Gasteiger partial charge in [-0.2, -0.15) is 5.10 Å². The van der Waals surface area contributed by atoms with E-state index in [0.29, 0.717) is 58.9 Å². The third-order valence-electron chi connectivity index (χ3n) is 7.92. The fraction of sp³-hybridized carbons (Fsp3) is 0.242. The lowest BCUT2D eigenvalue weighted by Gasteiger charge is -2.19. The highest BCUT2D eigenvalue weighted by atomic mass is 31.2. The Morgan fingerprint density at radius 2 is 1.82 bits per heavy atom. The minimum Gasteiger partial charge on any atom is -0.428 e. The van der Waals surface area contributed by atoms with Gasteiger partial charge in [-0.1, -0.05) is 24.3 Å². The molecule has 1 aliphatic carbocycles. The number of aryl methyl sites for hydroxylation is 2. The summed E-state index contributed by atoms with van der Waals surface area (Å²) in [7, 11) is -4.72. The topological polar surface area (TPSA) is 223 Å². The molecular weight excluding hydrogens is 685 g/mol. The van der Waals surface area contributed by atoms with Crippen molar-refractivity contribution in [2.45, 2.75) is 39.2 Å². The van der Waals surface area contributed by atoms with E-state index in [-0.39, 0.29) is 23.6 Å². The fourth-order valence-corrected chi connectivity index (χ4v) is 5.63. The van der Waals surface area contributed by atoms with Crippen LogP contribution in [0.1, 0.15) is 50.2 Å². The minimum atomic E-state index is -4.72. The molecule has 3 amide bonds. The highest BCUT2D eigenvalue weighted by molar-refractivity contribution is 7.46. The summed E-state index contributed by atoms with van der Waals surface area (Å²) >= 11 is 0. The largest absolute Gasteiger partial charge is 0.524 e. The van der Waals surface area contributed by atoms with Gasteiger partial charge < -0.3 is 24.6 Å². The van der Waals surface area contributed by atoms with E-state index in [1.54, 1.807) is 31.2 Å². The van der Waals surface area contributed by atoms with Crippen LogP contribution in [0.5, 0.6) is 5.75 Å². The van der Waals surface area contributed by atoms with Gasteiger partial charge in [-0.05, 0) is 73.7 Å². The number of ether oxygens (including phenoxy) is 2. The number of rotatable bonds is 11. The average molecular weight is 718 g/mol. The number of aromatic nitrogens is 3. The van der Waals surface area contributed by atoms with Crippen LogP contribution in [0.4, 0.5) is 16.3 Å². The lowest BCUT2D eigenvalue weighted by Crippen LogP contribution is -2.39. The number of fused-ring (bicyclic) bond motifs is 1. The molecule has 2 aromatic carbocycles. The van der Waals surface area contributed by atoms with Crippen LogP contribution in [0.15, 0.2) is 72.1 Å². The summed E-state index contributed by atoms with van der Waals surface area (Å²) in [5, 5.41) is 10.3. The molecular formula is C33H32N7O10P. The zero-order valence-corrected chi connectivity index (χ0v) is 28.2. The van der Waals surface area contributed by atoms with Crippen molar-refractivity contribution in [3.63, 3.8) is 0 Å². The molecule has 2 aliphatic rings. The summed E-state index contributed by atoms with van der Waals surface area (Å²) in [6, 6.07) is 10.2. The molecule has 17 nitrogen and oxygen atoms in total. The molecule has 18 heteroatoms. The zero-order chi connectivity index (χ0) is 36.3. The predicted molar refractivity (Wildman–Crippen MR) is 181 cm³/mol. The number of amides is 3. The molecule has 1 aliphatic heterocycles. The molecule has 0 saturated heterocycles. The molecule has 0 spiro atoms. The number of imide groups is 1. The van der Waals surface area contributed by atoms with E-state index < -0.39 is 38.6 Å². The smallest absolute Gasteiger partial charge is 0.428 e. The van der Waals surface area contributed by atoms with Crippen molar-refractivity contribution in [3.05, 3.63) is 95.0 Å². The second kappa shape index (κ2) is 14.5. The zero-order valence-electron chi connectivity index (χ0n) is 27.3. The summed E-state index contributed by atoms with van der Waals surface area (Å²) in [6.07, 6.45) is 6.32. The van der Waals surface area contributed by atoms with Crippen LogP contribution in [-0.4, -0.2) is 78.4 Å². The quantitative estimate of drug-likeness (QED) is 0.0987. The van der Waals surface area contributed by atoms with E-state index in [2.05, 4.69) is 30.2 Å². The first-order valence-electron chi connectivity index (χ1n) is 15.6. The van der Waals surface area contributed by atoms with Gasteiger partial charge in [0.2, 0.25) is 6.79 Å². The molecule has 3 heterocycles. The molecule has 4 aromatic rings. The number of benzene rings is 2. The number of phosphoric ester groups is 1. The summed E-state index contributed by atoms with van der Waals surface area (Å²) in [6.45, 7) is 3.34. The lowest BCUT2D eigenvalue weighted by atomic mass is 10.1. The van der Waals surface area contributed by atoms with Crippen molar-refractivity contribution in [1.82, 2.24) is 24.8 Å². The number of aliphatic imine (C=N–C) groups is 1. The molecule has 4 N–H and O–H groups in total. The van der Waals surface area contributed by atoms with Gasteiger partial charge in [-0.15, -0.1) is 0 Å². The first-order valence-corrected chi connectivity index (χ1v) is 17.1. The first-order chi connectivity index (χ1) is 24.4. The Balaban J connectivity index is 1.12. The maximum absolute atomic E-state index is 13.8. The van der Waals surface area contributed by atoms with Crippen LogP contribution in [0.25, 0.3) is 5.52 Å². The van der Waals surface area contributed by atoms with Crippen LogP contribution in [0, 0.1) is 13.8 Å². The number of amidine groups is 1. The van der Waals surface area contributed by atoms with Gasteiger partial charge in [0, 0.05) is 23.5 Å². The van der Waals surface area contributed by atoms with E-state index in [0.717, 1.165) is 10.5 Å². The SMILES string of the molecule is Cc1ccc(C(=O)NC2=NCC=C2)cc1Nc1ncnn2cc(C(=O)N(C(=O)OCOC(=O)Cc3ccc(OP(=O)(O)O)cc3)C3CC3)c(C)c12. The number of hydrogen-bond acceptors (Lipinski definition) is 12. The van der Waals surface area contributed by atoms with Crippen LogP contribution in [-0.2, 0) is 25.3 Å². The van der Waals surface area contributed by atoms with Gasteiger partial charge in [0.15, 0.2) is 5.82 Å². The second-order valence-electron chi connectivity index (χ2n) is 11.7. The monoisotopic (exact) mass is 717 g/mol. The Morgan fingerprint density at radius 3 is 2.51 bits per heavy atom. The maximum Gasteiger partial charge on any atom is 0.524 e. The third kappa shape index (κ3) is 8.46. The van der Waals surface area contributed by atoms with Gasteiger partial charge in [-0.3, -0.25) is 29.2 Å². The van der Waals surface area contributed by atoms with E-state index >= 15 is 0 Å². The fourth-order valence-electron chi connectivity index (χ4n) is 5.23. The molecule has 0 unspecified atom stereocenters. The third-order valence-corrected chi connectivity index (χ3v) is 8.37. The molecule has 0 bridgehead atoms. The summed E-state index contributed by atoms with van der Waals surface area (Å²) in [5.41, 5.74) is 3.42. The van der Waals surface area contributed by atoms with Crippen molar-refractivity contribution >= 4 is 54.6 Å². The maximum atomic E-state index is 13.8. The number of carbonyl (C=O) groups excluding carboxylic acids is 4. The van der Waals surface area contributed by atoms with Crippen LogP contribution in [0.3, 0.4) is 0 Å². The first kappa shape index (κ1) is 34.9. The second-order valence-corrected chi connectivity index (χ2v) is 12.8. The number of hydrogen-bond donors (Lipinski definition) is 4. The summed E-state index contributed by atoms with van der Waals surface area (Å²) in [5.74, 6) is -0.932. The van der Waals surface area contributed by atoms with Crippen molar-refractivity contribution in [3.8, 4) is 5.75 Å². The Bertz CT molecular complexity index is 2140. The lowest BCUT2D eigenvalue weighted by molar-refractivity contribution is -0.151. The molecule has 6 rings (SSSR count). The van der Waals surface area contributed by atoms with Crippen molar-refractivity contribution in [1.29, 1.82) is 0 Å². The van der Waals surface area contributed by atoms with E-state index in [1.807, 2.05) is 13.0 Å². The number of nitrogens with zero attached hydrogens (tertiary/aromatic N) is 5. The number of carbonyl (C=O) groups is 4. The number of esters is 1. The van der Waals surface area contributed by atoms with E-state index in [1.165, 1.54) is 41.3 Å². The highest BCUT2D eigenvalue weighted by Gasteiger charge is 2.40. The average Bonchev–Trinajstić information content (AvgIpc) is 3.65. The minimum absolute atomic E-state index is 0.0832. The molecule has 1 fully saturated rings. The van der Waals surface area contributed by atoms with Gasteiger partial charge in [-0.25, -0.2) is 23.8 Å². The Hall–Kier alpha value is -5.90. The van der Waals surface area contributed by atoms with Crippen LogP contribution < -0.4 is 15.2 Å². The predicted octanol–water partition coefficient (Wildman–Crippen LogP) is 3.74. The normalized spacial score (nSPS) is 13.8. The highest BCUT2D eigenvalue weighted by Crippen LogP contribution is 2.37. The van der Waals surface area contributed by atoms with Crippen LogP contribution >= 0.6 is 7.82 Å². The Morgan fingerprint density at radius 1 is 1.06 bits per heavy atom. The van der Waals surface area contributed by atoms with Crippen molar-refractivity contribution < 1.29 is 47.5 Å². The Kier molecular flexibility index (Phi) is 9.95. The van der Waals surface area contributed by atoms with Crippen molar-refractivity contribution in [2.75, 3.05) is 18.7 Å². The van der Waals surface area contributed by atoms with Gasteiger partial charge in [0.25, 0.3) is 11.8 Å². The Labute approximate surface area is 290 Å². The number of phosphoric acid groups is 1. The van der Waals surface area contributed by atoms with E-state index in [9.17, 15) is 23.7 Å². The molecule has 2 aromatic heterocycles. The number of anilines is 2. The van der Waals surface area contributed by atoms with Gasteiger partial charge >= 0.3 is 19.9 Å². The number of nitrogens with one attached hydrogen (secondary N) is 2. The summed E-state index contributed by atoms with van der Waals surface area (Å²) in [4.78, 5) is 79.5. The molecule has 0 atom stereocenters. The molecule has 51 heavy (non-hydrogen) atoms. The summed E-state index contributed by atoms with van der Waals surface area (Å²) < 4.78 is 27.1. The van der Waals surface area contributed by atoms with Gasteiger partial charge in [0.05, 0.1) is 18.5 Å². The van der Waals surface area contributed by atoms with Crippen LogP contribution in [0.2, 0.25) is 0 Å². The molecule has 0 radical (unpaired) electrons. The standard InChI is InChI=1S/C33H32N7O10P/c1-19-5-8-22(31(42)38-27-4-3-13-34-27)15-26(19)37-30-29-20(2)25(16-39(29)36-17-35-30)32(43)40(23-9-10-23)33(44)49-18-48-28(41)14-21-6-11-24(12-7-21)50-51(45,46)47/h3-8,11-12,15-17,23H,9-10,13-14,18H2,1-2H3,(H,34,38,42)(H,35,36,37)(H2,45,46,47). The van der Waals surface area contributed by atoms with Gasteiger partial charge in [0.1, 0.15) is 23.4 Å². The molecule has 264 valence electrons. The van der Waals surface area contributed by atoms with Crippen molar-refractivity contribution in [2.24, 2.45) is 4.99 Å².